The largest absolute Gasteiger partial charge is 0.507 e. The number of phenols is 1. The molecule has 0 aliphatic heterocycles. The Morgan fingerprint density at radius 2 is 1.90 bits per heavy atom. The number of aliphatic hydroxyl groups is 1. The maximum Gasteiger partial charge on any atom is 0.271 e. The molecule has 160 valence electrons. The summed E-state index contributed by atoms with van der Waals surface area (Å²) in [6, 6.07) is 11.5. The van der Waals surface area contributed by atoms with Crippen LogP contribution in [0.3, 0.4) is 0 Å². The van der Waals surface area contributed by atoms with E-state index in [1.165, 1.54) is 19.4 Å². The minimum absolute atomic E-state index is 0.0232. The van der Waals surface area contributed by atoms with Crippen molar-refractivity contribution in [3.63, 3.8) is 0 Å². The molecule has 2 amide bonds. The standard InChI is InChI=1S/C21H26N4O5/c1-30-18-8-9-19(27)16(13-18)14-24-25-21(29)15-4-6-17(7-5-15)22-10-2-3-20(28)23-11-12-26/h4-9,13-14,22,26-27H,2-3,10-12H2,1H3,(H,23,28)(H,25,29)/b24-14+. The van der Waals surface area contributed by atoms with Gasteiger partial charge in [-0.25, -0.2) is 5.43 Å². The monoisotopic (exact) mass is 414 g/mol. The number of rotatable bonds is 11. The Morgan fingerprint density at radius 3 is 2.60 bits per heavy atom. The lowest BCUT2D eigenvalue weighted by atomic mass is 10.2. The average Bonchev–Trinajstić information content (AvgIpc) is 2.76. The van der Waals surface area contributed by atoms with Crippen molar-refractivity contribution < 1.29 is 24.5 Å². The zero-order valence-corrected chi connectivity index (χ0v) is 16.7. The van der Waals surface area contributed by atoms with Gasteiger partial charge in [-0.15, -0.1) is 0 Å². The lowest BCUT2D eigenvalue weighted by molar-refractivity contribution is -0.121. The second-order valence-electron chi connectivity index (χ2n) is 6.31. The van der Waals surface area contributed by atoms with Crippen LogP contribution in [-0.2, 0) is 4.79 Å². The summed E-state index contributed by atoms with van der Waals surface area (Å²) in [7, 11) is 1.52. The highest BCUT2D eigenvalue weighted by Gasteiger charge is 2.05. The number of nitrogens with zero attached hydrogens (tertiary/aromatic N) is 1. The van der Waals surface area contributed by atoms with Crippen LogP contribution in [0.1, 0.15) is 28.8 Å². The molecule has 0 spiro atoms. The molecule has 2 aromatic rings. The lowest BCUT2D eigenvalue weighted by Gasteiger charge is -2.07. The molecule has 2 rings (SSSR count). The number of aromatic hydroxyl groups is 1. The molecule has 0 heterocycles. The molecule has 0 aromatic heterocycles. The van der Waals surface area contributed by atoms with Crippen molar-refractivity contribution in [2.24, 2.45) is 5.10 Å². The highest BCUT2D eigenvalue weighted by atomic mass is 16.5. The quantitative estimate of drug-likeness (QED) is 0.215. The third-order valence-corrected chi connectivity index (χ3v) is 4.10. The number of hydrogen-bond donors (Lipinski definition) is 5. The molecule has 0 unspecified atom stereocenters. The maximum atomic E-state index is 12.2. The van der Waals surface area contributed by atoms with Gasteiger partial charge in [-0.05, 0) is 48.9 Å². The highest BCUT2D eigenvalue weighted by molar-refractivity contribution is 5.95. The van der Waals surface area contributed by atoms with Gasteiger partial charge in [0.25, 0.3) is 5.91 Å². The van der Waals surface area contributed by atoms with Crippen molar-refractivity contribution >= 4 is 23.7 Å². The van der Waals surface area contributed by atoms with Gasteiger partial charge in [0.2, 0.25) is 5.91 Å². The van der Waals surface area contributed by atoms with Crippen LogP contribution in [0, 0.1) is 0 Å². The molecule has 0 aliphatic rings. The van der Waals surface area contributed by atoms with Crippen LogP contribution in [0.4, 0.5) is 5.69 Å². The van der Waals surface area contributed by atoms with Crippen molar-refractivity contribution in [3.8, 4) is 11.5 Å². The third kappa shape index (κ3) is 7.44. The van der Waals surface area contributed by atoms with E-state index in [9.17, 15) is 14.7 Å². The fourth-order valence-electron chi connectivity index (χ4n) is 2.49. The number of ether oxygens (including phenoxy) is 1. The van der Waals surface area contributed by atoms with Crippen LogP contribution in [0.15, 0.2) is 47.6 Å². The number of hydrogen-bond acceptors (Lipinski definition) is 7. The fourth-order valence-corrected chi connectivity index (χ4v) is 2.49. The predicted octanol–water partition coefficient (Wildman–Crippen LogP) is 1.47. The molecule has 9 heteroatoms. The normalized spacial score (nSPS) is 10.6. The zero-order chi connectivity index (χ0) is 21.8. The van der Waals surface area contributed by atoms with Crippen molar-refractivity contribution in [1.82, 2.24) is 10.7 Å². The Kier molecular flexibility index (Phi) is 9.14. The van der Waals surface area contributed by atoms with Crippen LogP contribution >= 0.6 is 0 Å². The van der Waals surface area contributed by atoms with Crippen LogP contribution in [-0.4, -0.2) is 55.0 Å². The fraction of sp³-hybridized carbons (Fsp3) is 0.286. The zero-order valence-electron chi connectivity index (χ0n) is 16.7. The van der Waals surface area contributed by atoms with Crippen LogP contribution in [0.5, 0.6) is 11.5 Å². The van der Waals surface area contributed by atoms with Gasteiger partial charge in [0.1, 0.15) is 11.5 Å². The molecular weight excluding hydrogens is 388 g/mol. The molecular formula is C21H26N4O5. The third-order valence-electron chi connectivity index (χ3n) is 4.10. The number of aliphatic hydroxyl groups excluding tert-OH is 1. The highest BCUT2D eigenvalue weighted by Crippen LogP contribution is 2.21. The van der Waals surface area contributed by atoms with E-state index in [0.717, 1.165) is 5.69 Å². The van der Waals surface area contributed by atoms with Crippen LogP contribution in [0.2, 0.25) is 0 Å². The molecule has 0 atom stereocenters. The van der Waals surface area contributed by atoms with Gasteiger partial charge in [0.15, 0.2) is 0 Å². The summed E-state index contributed by atoms with van der Waals surface area (Å²) in [5.74, 6) is 0.103. The Morgan fingerprint density at radius 1 is 1.13 bits per heavy atom. The summed E-state index contributed by atoms with van der Waals surface area (Å²) >= 11 is 0. The number of phenolic OH excluding ortho intramolecular Hbond substituents is 1. The van der Waals surface area contributed by atoms with Gasteiger partial charge in [0, 0.05) is 36.3 Å². The average molecular weight is 414 g/mol. The van der Waals surface area contributed by atoms with Crippen molar-refractivity contribution in [2.75, 3.05) is 32.1 Å². The van der Waals surface area contributed by atoms with Crippen molar-refractivity contribution in [1.29, 1.82) is 0 Å². The summed E-state index contributed by atoms with van der Waals surface area (Å²) in [4.78, 5) is 23.6. The molecule has 0 radical (unpaired) electrons. The molecule has 5 N–H and O–H groups in total. The summed E-state index contributed by atoms with van der Waals surface area (Å²) in [6.45, 7) is 0.797. The summed E-state index contributed by atoms with van der Waals surface area (Å²) in [5.41, 5.74) is 4.08. The number of carbonyl (C=O) groups excluding carboxylic acids is 2. The molecule has 0 fully saturated rings. The van der Waals surface area contributed by atoms with Gasteiger partial charge < -0.3 is 25.6 Å². The first-order valence-electron chi connectivity index (χ1n) is 9.45. The minimum Gasteiger partial charge on any atom is -0.507 e. The van der Waals surface area contributed by atoms with Crippen molar-refractivity contribution in [2.45, 2.75) is 12.8 Å². The SMILES string of the molecule is COc1ccc(O)c(/C=N/NC(=O)c2ccc(NCCCC(=O)NCCO)cc2)c1. The molecule has 9 nitrogen and oxygen atoms in total. The number of benzene rings is 2. The van der Waals surface area contributed by atoms with Gasteiger partial charge in [-0.1, -0.05) is 0 Å². The van der Waals surface area contributed by atoms with E-state index >= 15 is 0 Å². The Balaban J connectivity index is 1.79. The van der Waals surface area contributed by atoms with Crippen LogP contribution in [0.25, 0.3) is 0 Å². The number of methoxy groups -OCH3 is 1. The second-order valence-corrected chi connectivity index (χ2v) is 6.31. The second kappa shape index (κ2) is 12.1. The van der Waals surface area contributed by atoms with E-state index in [1.807, 2.05) is 0 Å². The van der Waals surface area contributed by atoms with E-state index in [1.54, 1.807) is 36.4 Å². The molecule has 0 saturated carbocycles. The Labute approximate surface area is 174 Å². The molecule has 0 aliphatic carbocycles. The van der Waals surface area contributed by atoms with Gasteiger partial charge in [-0.3, -0.25) is 9.59 Å². The first-order valence-corrected chi connectivity index (χ1v) is 9.45. The number of amides is 2. The summed E-state index contributed by atoms with van der Waals surface area (Å²) in [5, 5.41) is 28.1. The van der Waals surface area contributed by atoms with E-state index in [0.29, 0.717) is 36.3 Å². The minimum atomic E-state index is -0.388. The van der Waals surface area contributed by atoms with E-state index in [-0.39, 0.29) is 30.7 Å². The first-order chi connectivity index (χ1) is 14.5. The number of nitrogens with one attached hydrogen (secondary N) is 3. The van der Waals surface area contributed by atoms with E-state index in [2.05, 4.69) is 21.2 Å². The number of anilines is 1. The smallest absolute Gasteiger partial charge is 0.271 e. The number of hydrazone groups is 1. The maximum absolute atomic E-state index is 12.2. The Hall–Kier alpha value is -3.59. The van der Waals surface area contributed by atoms with Gasteiger partial charge in [0.05, 0.1) is 19.9 Å². The first kappa shape index (κ1) is 22.7. The van der Waals surface area contributed by atoms with Crippen molar-refractivity contribution in [3.05, 3.63) is 53.6 Å². The number of carbonyl (C=O) groups is 2. The van der Waals surface area contributed by atoms with Gasteiger partial charge >= 0.3 is 0 Å². The van der Waals surface area contributed by atoms with Crippen LogP contribution < -0.4 is 20.8 Å². The lowest BCUT2D eigenvalue weighted by Crippen LogP contribution is -2.26. The van der Waals surface area contributed by atoms with Gasteiger partial charge in [-0.2, -0.15) is 5.10 Å². The molecule has 30 heavy (non-hydrogen) atoms. The molecule has 0 saturated heterocycles. The topological polar surface area (TPSA) is 132 Å². The predicted molar refractivity (Wildman–Crippen MR) is 114 cm³/mol. The molecule has 0 bridgehead atoms. The van der Waals surface area contributed by atoms with E-state index < -0.39 is 0 Å². The summed E-state index contributed by atoms with van der Waals surface area (Å²) < 4.78 is 5.09. The molecule has 2 aromatic carbocycles. The Bertz CT molecular complexity index is 868. The van der Waals surface area contributed by atoms with E-state index in [4.69, 9.17) is 9.84 Å². The summed E-state index contributed by atoms with van der Waals surface area (Å²) in [6.07, 6.45) is 2.35.